The molecule has 3 heteroatoms. The molecule has 2 aromatic heterocycles. The molecule has 0 fully saturated rings. The van der Waals surface area contributed by atoms with Gasteiger partial charge in [-0.25, -0.2) is 0 Å². The van der Waals surface area contributed by atoms with Crippen molar-refractivity contribution in [2.75, 3.05) is 4.90 Å². The molecule has 0 bridgehead atoms. The summed E-state index contributed by atoms with van der Waals surface area (Å²) in [5, 5.41) is 5.51. The van der Waals surface area contributed by atoms with Crippen LogP contribution in [-0.4, -0.2) is 0 Å². The first-order valence-electron chi connectivity index (χ1n) is 19.3. The van der Waals surface area contributed by atoms with Gasteiger partial charge in [0.2, 0.25) is 0 Å². The molecule has 2 heterocycles. The number of hydrogen-bond acceptors (Lipinski definition) is 3. The Morgan fingerprint density at radius 2 is 0.895 bits per heavy atom. The molecule has 57 heavy (non-hydrogen) atoms. The van der Waals surface area contributed by atoms with E-state index in [0.29, 0.717) is 0 Å². The molecule has 0 amide bonds. The van der Waals surface area contributed by atoms with Crippen molar-refractivity contribution in [3.63, 3.8) is 0 Å². The van der Waals surface area contributed by atoms with E-state index in [-0.39, 0.29) is 0 Å². The first-order valence-corrected chi connectivity index (χ1v) is 19.3. The van der Waals surface area contributed by atoms with E-state index in [1.807, 2.05) is 24.3 Å². The number of furan rings is 2. The number of benzene rings is 9. The lowest BCUT2D eigenvalue weighted by Gasteiger charge is -2.28. The molecule has 0 saturated heterocycles. The minimum absolute atomic E-state index is 0.818. The number of anilines is 3. The smallest absolute Gasteiger partial charge is 0.146 e. The first kappa shape index (κ1) is 32.8. The second kappa shape index (κ2) is 13.6. The van der Waals surface area contributed by atoms with Crippen LogP contribution in [0.25, 0.3) is 88.4 Å². The van der Waals surface area contributed by atoms with Gasteiger partial charge in [-0.05, 0) is 99.4 Å². The number of rotatable bonds is 7. The Labute approximate surface area is 330 Å². The zero-order valence-electron chi connectivity index (χ0n) is 31.0. The predicted molar refractivity (Wildman–Crippen MR) is 237 cm³/mol. The van der Waals surface area contributed by atoms with Crippen LogP contribution >= 0.6 is 0 Å². The highest BCUT2D eigenvalue weighted by Crippen LogP contribution is 2.44. The molecule has 0 radical (unpaired) electrons. The molecular formula is C54H35NO2. The van der Waals surface area contributed by atoms with Crippen molar-refractivity contribution in [3.8, 4) is 44.7 Å². The average molecular weight is 730 g/mol. The van der Waals surface area contributed by atoms with Crippen LogP contribution in [0.15, 0.2) is 221 Å². The number of hydrogen-bond donors (Lipinski definition) is 0. The van der Waals surface area contributed by atoms with E-state index < -0.39 is 0 Å². The van der Waals surface area contributed by atoms with Crippen molar-refractivity contribution >= 4 is 60.7 Å². The molecule has 268 valence electrons. The Kier molecular flexibility index (Phi) is 7.82. The van der Waals surface area contributed by atoms with Gasteiger partial charge in [-0.2, -0.15) is 0 Å². The Morgan fingerprint density at radius 1 is 0.333 bits per heavy atom. The Morgan fingerprint density at radius 3 is 1.58 bits per heavy atom. The summed E-state index contributed by atoms with van der Waals surface area (Å²) in [4.78, 5) is 2.37. The second-order valence-electron chi connectivity index (χ2n) is 14.5. The molecular weight excluding hydrogens is 695 g/mol. The first-order chi connectivity index (χ1) is 28.2. The molecule has 0 aliphatic carbocycles. The summed E-state index contributed by atoms with van der Waals surface area (Å²) >= 11 is 0. The molecule has 9 aromatic carbocycles. The van der Waals surface area contributed by atoms with Crippen LogP contribution in [-0.2, 0) is 0 Å². The molecule has 3 nitrogen and oxygen atoms in total. The summed E-state index contributed by atoms with van der Waals surface area (Å²) < 4.78 is 12.9. The van der Waals surface area contributed by atoms with Crippen LogP contribution in [0.2, 0.25) is 0 Å². The minimum Gasteiger partial charge on any atom is -0.456 e. The zero-order chi connectivity index (χ0) is 37.7. The summed E-state index contributed by atoms with van der Waals surface area (Å²) in [5.74, 6) is 0.852. The van der Waals surface area contributed by atoms with Crippen LogP contribution in [0.1, 0.15) is 0 Å². The van der Waals surface area contributed by atoms with E-state index >= 15 is 0 Å². The van der Waals surface area contributed by atoms with Crippen molar-refractivity contribution in [2.24, 2.45) is 0 Å². The lowest BCUT2D eigenvalue weighted by Crippen LogP contribution is -2.10. The van der Waals surface area contributed by atoms with Gasteiger partial charge in [0.1, 0.15) is 22.5 Å². The molecule has 0 aliphatic rings. The molecule has 11 rings (SSSR count). The molecule has 0 N–H and O–H groups in total. The number of nitrogens with zero attached hydrogens (tertiary/aromatic N) is 1. The van der Waals surface area contributed by atoms with Gasteiger partial charge in [0.25, 0.3) is 0 Å². The number of fused-ring (bicyclic) bond motifs is 6. The van der Waals surface area contributed by atoms with Crippen LogP contribution in [0, 0.1) is 0 Å². The van der Waals surface area contributed by atoms with Gasteiger partial charge in [-0.3, -0.25) is 0 Å². The summed E-state index contributed by atoms with van der Waals surface area (Å²) in [6.07, 6.45) is 0. The summed E-state index contributed by atoms with van der Waals surface area (Å²) in [6.45, 7) is 0. The van der Waals surface area contributed by atoms with Crippen molar-refractivity contribution in [3.05, 3.63) is 212 Å². The van der Waals surface area contributed by atoms with E-state index in [0.717, 1.165) is 72.4 Å². The zero-order valence-corrected chi connectivity index (χ0v) is 31.0. The highest BCUT2D eigenvalue weighted by Gasteiger charge is 2.19. The molecule has 11 aromatic rings. The molecule has 0 aliphatic heterocycles. The van der Waals surface area contributed by atoms with E-state index in [4.69, 9.17) is 8.83 Å². The lowest BCUT2D eigenvalue weighted by molar-refractivity contribution is 0.633. The van der Waals surface area contributed by atoms with Gasteiger partial charge in [0, 0.05) is 33.1 Å². The highest BCUT2D eigenvalue weighted by atomic mass is 16.3. The van der Waals surface area contributed by atoms with Gasteiger partial charge in [0.05, 0.1) is 11.1 Å². The fourth-order valence-corrected chi connectivity index (χ4v) is 8.29. The van der Waals surface area contributed by atoms with Crippen LogP contribution < -0.4 is 4.90 Å². The Balaban J connectivity index is 0.998. The van der Waals surface area contributed by atoms with Gasteiger partial charge >= 0.3 is 0 Å². The molecule has 0 unspecified atom stereocenters. The molecule has 0 spiro atoms. The third-order valence-corrected chi connectivity index (χ3v) is 11.1. The SMILES string of the molecule is c1ccc(-c2ccc(N(c3ccc(-c4ccc5c(c4)oc4ccc6cc(-c7ccccc7)oc6c45)cc3)c3ccc(-c4ccccc4)c4ccccc34)cc2)cc1. The van der Waals surface area contributed by atoms with Crippen molar-refractivity contribution in [1.82, 2.24) is 0 Å². The summed E-state index contributed by atoms with van der Waals surface area (Å²) in [6, 6.07) is 75.1. The summed E-state index contributed by atoms with van der Waals surface area (Å²) in [5.41, 5.74) is 13.8. The maximum Gasteiger partial charge on any atom is 0.146 e. The van der Waals surface area contributed by atoms with Gasteiger partial charge in [-0.15, -0.1) is 0 Å². The van der Waals surface area contributed by atoms with E-state index in [1.54, 1.807) is 0 Å². The van der Waals surface area contributed by atoms with Crippen molar-refractivity contribution < 1.29 is 8.83 Å². The van der Waals surface area contributed by atoms with Gasteiger partial charge in [-0.1, -0.05) is 152 Å². The Bertz CT molecular complexity index is 3200. The standard InChI is InChI=1S/C54H35NO2/c1-4-12-36(13-5-1)37-20-26-43(27-21-37)55(49-32-31-45(39-14-6-2-7-15-39)46-18-10-11-19-47(46)49)44-28-22-38(23-29-44)41-24-30-48-52(34-41)56-50-33-25-42-35-51(57-54(42)53(48)50)40-16-8-3-9-17-40/h1-35H. The molecule has 0 atom stereocenters. The monoisotopic (exact) mass is 729 g/mol. The van der Waals surface area contributed by atoms with E-state index in [1.165, 1.54) is 33.0 Å². The average Bonchev–Trinajstić information content (AvgIpc) is 3.90. The maximum absolute atomic E-state index is 6.48. The van der Waals surface area contributed by atoms with Crippen LogP contribution in [0.3, 0.4) is 0 Å². The lowest BCUT2D eigenvalue weighted by atomic mass is 9.96. The highest BCUT2D eigenvalue weighted by molar-refractivity contribution is 6.17. The van der Waals surface area contributed by atoms with Gasteiger partial charge < -0.3 is 13.7 Å². The van der Waals surface area contributed by atoms with E-state index in [9.17, 15) is 0 Å². The second-order valence-corrected chi connectivity index (χ2v) is 14.5. The van der Waals surface area contributed by atoms with E-state index in [2.05, 4.69) is 193 Å². The third-order valence-electron chi connectivity index (χ3n) is 11.1. The minimum atomic E-state index is 0.818. The quantitative estimate of drug-likeness (QED) is 0.164. The Hall–Kier alpha value is -7.62. The van der Waals surface area contributed by atoms with Crippen molar-refractivity contribution in [2.45, 2.75) is 0 Å². The fourth-order valence-electron chi connectivity index (χ4n) is 8.29. The van der Waals surface area contributed by atoms with Crippen LogP contribution in [0.5, 0.6) is 0 Å². The normalized spacial score (nSPS) is 11.5. The largest absolute Gasteiger partial charge is 0.456 e. The third kappa shape index (κ3) is 5.76. The van der Waals surface area contributed by atoms with Crippen LogP contribution in [0.4, 0.5) is 17.1 Å². The van der Waals surface area contributed by atoms with Crippen molar-refractivity contribution in [1.29, 1.82) is 0 Å². The molecule has 0 saturated carbocycles. The predicted octanol–water partition coefficient (Wildman–Crippen LogP) is 15.6. The summed E-state index contributed by atoms with van der Waals surface area (Å²) in [7, 11) is 0. The topological polar surface area (TPSA) is 29.5 Å². The van der Waals surface area contributed by atoms with Gasteiger partial charge in [0.15, 0.2) is 0 Å². The maximum atomic E-state index is 6.48. The fraction of sp³-hybridized carbons (Fsp3) is 0.